The van der Waals surface area contributed by atoms with Crippen molar-refractivity contribution in [3.63, 3.8) is 0 Å². The second-order valence-electron chi connectivity index (χ2n) is 6.59. The average Bonchev–Trinajstić information content (AvgIpc) is 2.74. The number of nitrogens with zero attached hydrogens (tertiary/aromatic N) is 2. The molecule has 2 heterocycles. The molecule has 0 spiro atoms. The van der Waals surface area contributed by atoms with Crippen molar-refractivity contribution >= 4 is 21.8 Å². The summed E-state index contributed by atoms with van der Waals surface area (Å²) in [6, 6.07) is 20.7. The van der Waals surface area contributed by atoms with E-state index in [0.717, 1.165) is 44.1 Å². The fraction of sp³-hybridized carbons (Fsp3) is 0. The number of hydrogen-bond acceptors (Lipinski definition) is 2. The summed E-state index contributed by atoms with van der Waals surface area (Å²) in [7, 11) is 0. The first-order chi connectivity index (χ1) is 13.7. The van der Waals surface area contributed by atoms with Gasteiger partial charge in [-0.1, -0.05) is 36.4 Å². The van der Waals surface area contributed by atoms with Crippen molar-refractivity contribution in [2.45, 2.75) is 0 Å². The van der Waals surface area contributed by atoms with Gasteiger partial charge in [0.15, 0.2) is 0 Å². The largest absolute Gasteiger partial charge is 0.254 e. The van der Waals surface area contributed by atoms with E-state index in [-0.39, 0.29) is 32.1 Å². The van der Waals surface area contributed by atoms with E-state index in [4.69, 9.17) is 0 Å². The van der Waals surface area contributed by atoms with Crippen LogP contribution in [0.15, 0.2) is 85.2 Å². The minimum absolute atomic E-state index is 0. The third-order valence-electron chi connectivity index (χ3n) is 4.93. The monoisotopic (exact) mass is 555 g/mol. The van der Waals surface area contributed by atoms with Gasteiger partial charge in [0.2, 0.25) is 0 Å². The molecule has 141 valence electrons. The Kier molecular flexibility index (Phi) is 5.19. The van der Waals surface area contributed by atoms with E-state index in [9.17, 15) is 8.78 Å². The molecule has 0 bridgehead atoms. The maximum Gasteiger partial charge on any atom is 0.123 e. The third kappa shape index (κ3) is 3.44. The van der Waals surface area contributed by atoms with Gasteiger partial charge in [0.25, 0.3) is 0 Å². The molecule has 0 atom stereocenters. The quantitative estimate of drug-likeness (QED) is 0.236. The van der Waals surface area contributed by atoms with E-state index < -0.39 is 0 Å². The van der Waals surface area contributed by atoms with Gasteiger partial charge in [-0.15, -0.1) is 0 Å². The molecule has 0 aliphatic rings. The Hall–Kier alpha value is -3.00. The Balaban J connectivity index is 0.00000205. The molecule has 1 radical (unpaired) electrons. The zero-order valence-corrected chi connectivity index (χ0v) is 17.8. The van der Waals surface area contributed by atoms with Gasteiger partial charge in [0, 0.05) is 43.6 Å². The van der Waals surface area contributed by atoms with Gasteiger partial charge in [0.1, 0.15) is 11.6 Å². The number of hydrogen-bond donors (Lipinski definition) is 0. The predicted octanol–water partition coefficient (Wildman–Crippen LogP) is 6.39. The Labute approximate surface area is 179 Å². The Morgan fingerprint density at radius 1 is 0.483 bits per heavy atom. The molecule has 0 N–H and O–H groups in total. The van der Waals surface area contributed by atoms with E-state index >= 15 is 0 Å². The minimum Gasteiger partial charge on any atom is -0.254 e. The third-order valence-corrected chi connectivity index (χ3v) is 4.93. The molecule has 2 nitrogen and oxygen atoms in total. The Bertz CT molecular complexity index is 1210. The minimum atomic E-state index is -0.266. The second-order valence-corrected chi connectivity index (χ2v) is 6.59. The van der Waals surface area contributed by atoms with Gasteiger partial charge in [-0.3, -0.25) is 9.97 Å². The van der Waals surface area contributed by atoms with Crippen LogP contribution < -0.4 is 0 Å². The number of fused-ring (bicyclic) bond motifs is 3. The zero-order valence-electron chi connectivity index (χ0n) is 15.1. The normalized spacial score (nSPS) is 10.8. The number of aromatic nitrogens is 2. The zero-order chi connectivity index (χ0) is 19.1. The van der Waals surface area contributed by atoms with E-state index in [2.05, 4.69) is 9.97 Å². The SMILES string of the molecule is Fc1ccc(-c2ccnc3c2ccc2c(-c4ccc(F)cc4)ccnc23)cc1.[Re]. The topological polar surface area (TPSA) is 25.8 Å². The molecule has 0 aliphatic carbocycles. The van der Waals surface area contributed by atoms with Crippen molar-refractivity contribution < 1.29 is 29.2 Å². The number of halogens is 2. The molecule has 0 amide bonds. The van der Waals surface area contributed by atoms with Gasteiger partial charge in [0.05, 0.1) is 11.0 Å². The van der Waals surface area contributed by atoms with Crippen molar-refractivity contribution in [3.8, 4) is 22.3 Å². The first-order valence-electron chi connectivity index (χ1n) is 8.89. The van der Waals surface area contributed by atoms with Crippen molar-refractivity contribution in [3.05, 3.63) is 96.8 Å². The van der Waals surface area contributed by atoms with Crippen molar-refractivity contribution in [2.75, 3.05) is 0 Å². The smallest absolute Gasteiger partial charge is 0.123 e. The molecule has 0 fully saturated rings. The van der Waals surface area contributed by atoms with Crippen LogP contribution in [0.2, 0.25) is 0 Å². The van der Waals surface area contributed by atoms with Crippen LogP contribution in [0.1, 0.15) is 0 Å². The molecule has 0 saturated heterocycles. The van der Waals surface area contributed by atoms with Crippen LogP contribution in [-0.4, -0.2) is 9.97 Å². The first-order valence-corrected chi connectivity index (χ1v) is 8.89. The predicted molar refractivity (Wildman–Crippen MR) is 108 cm³/mol. The van der Waals surface area contributed by atoms with Gasteiger partial charge in [-0.2, -0.15) is 0 Å². The molecule has 2 aromatic heterocycles. The summed E-state index contributed by atoms with van der Waals surface area (Å²) in [6.07, 6.45) is 3.49. The number of benzene rings is 3. The standard InChI is InChI=1S/C24H14F2N2.Re/c25-17-5-1-15(2-6-17)19-11-13-27-23-21(19)9-10-22-20(12-14-28-24(22)23)16-3-7-18(26)8-4-16;/h1-14H;. The van der Waals surface area contributed by atoms with Crippen LogP contribution >= 0.6 is 0 Å². The van der Waals surface area contributed by atoms with Crippen LogP contribution in [0.4, 0.5) is 8.78 Å². The van der Waals surface area contributed by atoms with Crippen LogP contribution in [0.5, 0.6) is 0 Å². The van der Waals surface area contributed by atoms with Gasteiger partial charge >= 0.3 is 0 Å². The molecular formula is C24H14F2N2Re. The summed E-state index contributed by atoms with van der Waals surface area (Å²) in [5.74, 6) is -0.531. The number of pyridine rings is 2. The van der Waals surface area contributed by atoms with E-state index in [1.54, 1.807) is 36.7 Å². The summed E-state index contributed by atoms with van der Waals surface area (Å²) in [5.41, 5.74) is 5.35. The summed E-state index contributed by atoms with van der Waals surface area (Å²) < 4.78 is 26.6. The molecule has 0 unspecified atom stereocenters. The van der Waals surface area contributed by atoms with Crippen LogP contribution in [0.3, 0.4) is 0 Å². The average molecular weight is 555 g/mol. The van der Waals surface area contributed by atoms with Gasteiger partial charge < -0.3 is 0 Å². The van der Waals surface area contributed by atoms with Crippen LogP contribution in [-0.2, 0) is 20.4 Å². The molecule has 3 aromatic carbocycles. The van der Waals surface area contributed by atoms with E-state index in [1.165, 1.54) is 24.3 Å². The molecule has 29 heavy (non-hydrogen) atoms. The Morgan fingerprint density at radius 2 is 0.862 bits per heavy atom. The maximum atomic E-state index is 13.3. The van der Waals surface area contributed by atoms with Crippen LogP contribution in [0.25, 0.3) is 44.1 Å². The first kappa shape index (κ1) is 19.3. The second kappa shape index (κ2) is 7.79. The summed E-state index contributed by atoms with van der Waals surface area (Å²) in [5, 5.41) is 1.90. The fourth-order valence-electron chi connectivity index (χ4n) is 3.59. The fourth-order valence-corrected chi connectivity index (χ4v) is 3.59. The van der Waals surface area contributed by atoms with E-state index in [0.29, 0.717) is 0 Å². The number of rotatable bonds is 2. The summed E-state index contributed by atoms with van der Waals surface area (Å²) in [6.45, 7) is 0. The van der Waals surface area contributed by atoms with Gasteiger partial charge in [-0.25, -0.2) is 8.78 Å². The maximum absolute atomic E-state index is 13.3. The van der Waals surface area contributed by atoms with Crippen molar-refractivity contribution in [2.24, 2.45) is 0 Å². The molecule has 5 aromatic rings. The van der Waals surface area contributed by atoms with Crippen molar-refractivity contribution in [1.29, 1.82) is 0 Å². The van der Waals surface area contributed by atoms with Crippen molar-refractivity contribution in [1.82, 2.24) is 9.97 Å². The van der Waals surface area contributed by atoms with Crippen LogP contribution in [0, 0.1) is 11.6 Å². The Morgan fingerprint density at radius 3 is 1.24 bits per heavy atom. The van der Waals surface area contributed by atoms with Gasteiger partial charge in [-0.05, 0) is 58.7 Å². The molecule has 0 aliphatic heterocycles. The molecule has 5 rings (SSSR count). The molecular weight excluding hydrogens is 540 g/mol. The summed E-state index contributed by atoms with van der Waals surface area (Å²) in [4.78, 5) is 9.13. The summed E-state index contributed by atoms with van der Waals surface area (Å²) >= 11 is 0. The molecule has 0 saturated carbocycles. The molecule has 5 heteroatoms. The van der Waals surface area contributed by atoms with E-state index in [1.807, 2.05) is 24.3 Å².